The molecule has 1 N–H and O–H groups in total. The van der Waals surface area contributed by atoms with Crippen molar-refractivity contribution in [2.24, 2.45) is 0 Å². The highest BCUT2D eigenvalue weighted by Gasteiger charge is 2.07. The minimum absolute atomic E-state index is 0.276. The van der Waals surface area contributed by atoms with Gasteiger partial charge in [0.1, 0.15) is 23.1 Å². The standard InChI is InChI=1S/C15H15F2NO/c1-10-7-13(4-5-14(10)17)19-15-6-3-12(16)8-11(15)9-18-2/h3-8,18H,9H2,1-2H3. The highest BCUT2D eigenvalue weighted by atomic mass is 19.1. The number of aryl methyl sites for hydroxylation is 1. The molecule has 0 amide bonds. The van der Waals surface area contributed by atoms with Gasteiger partial charge in [0.05, 0.1) is 0 Å². The van der Waals surface area contributed by atoms with Crippen molar-refractivity contribution in [2.45, 2.75) is 13.5 Å². The Labute approximate surface area is 111 Å². The normalized spacial score (nSPS) is 10.5. The lowest BCUT2D eigenvalue weighted by Crippen LogP contribution is -2.06. The van der Waals surface area contributed by atoms with Gasteiger partial charge in [-0.2, -0.15) is 0 Å². The van der Waals surface area contributed by atoms with E-state index in [4.69, 9.17) is 4.74 Å². The molecular formula is C15H15F2NO. The number of benzene rings is 2. The van der Waals surface area contributed by atoms with Crippen molar-refractivity contribution in [3.8, 4) is 11.5 Å². The van der Waals surface area contributed by atoms with Crippen LogP contribution in [0.5, 0.6) is 11.5 Å². The van der Waals surface area contributed by atoms with Gasteiger partial charge in [-0.3, -0.25) is 0 Å². The SMILES string of the molecule is CNCc1cc(F)ccc1Oc1ccc(F)c(C)c1. The molecule has 2 rings (SSSR count). The molecule has 0 aliphatic carbocycles. The Kier molecular flexibility index (Phi) is 4.12. The minimum atomic E-state index is -0.312. The summed E-state index contributed by atoms with van der Waals surface area (Å²) in [6.07, 6.45) is 0. The Morgan fingerprint density at radius 2 is 1.89 bits per heavy atom. The summed E-state index contributed by atoms with van der Waals surface area (Å²) in [5.41, 5.74) is 1.22. The predicted molar refractivity (Wildman–Crippen MR) is 70.4 cm³/mol. The summed E-state index contributed by atoms with van der Waals surface area (Å²) < 4.78 is 32.0. The number of rotatable bonds is 4. The topological polar surface area (TPSA) is 21.3 Å². The molecule has 0 aliphatic rings. The zero-order chi connectivity index (χ0) is 13.8. The van der Waals surface area contributed by atoms with Crippen LogP contribution in [0.1, 0.15) is 11.1 Å². The fraction of sp³-hybridized carbons (Fsp3) is 0.200. The van der Waals surface area contributed by atoms with E-state index in [0.717, 1.165) is 0 Å². The number of hydrogen-bond acceptors (Lipinski definition) is 2. The Morgan fingerprint density at radius 3 is 2.58 bits per heavy atom. The largest absolute Gasteiger partial charge is 0.457 e. The molecule has 0 bridgehead atoms. The molecule has 0 aliphatic heterocycles. The highest BCUT2D eigenvalue weighted by Crippen LogP contribution is 2.27. The van der Waals surface area contributed by atoms with Crippen molar-refractivity contribution in [2.75, 3.05) is 7.05 Å². The molecule has 0 aromatic heterocycles. The van der Waals surface area contributed by atoms with Crippen LogP contribution in [0.4, 0.5) is 8.78 Å². The van der Waals surface area contributed by atoms with Crippen molar-refractivity contribution >= 4 is 0 Å². The molecule has 2 aromatic carbocycles. The molecule has 0 saturated carbocycles. The van der Waals surface area contributed by atoms with Gasteiger partial charge in [0.25, 0.3) is 0 Å². The second kappa shape index (κ2) is 5.80. The van der Waals surface area contributed by atoms with Crippen LogP contribution in [0.15, 0.2) is 36.4 Å². The van der Waals surface area contributed by atoms with E-state index in [0.29, 0.717) is 29.2 Å². The van der Waals surface area contributed by atoms with Gasteiger partial charge in [-0.25, -0.2) is 8.78 Å². The van der Waals surface area contributed by atoms with Crippen LogP contribution in [0.2, 0.25) is 0 Å². The summed E-state index contributed by atoms with van der Waals surface area (Å²) >= 11 is 0. The summed E-state index contributed by atoms with van der Waals surface area (Å²) in [5, 5.41) is 2.95. The van der Waals surface area contributed by atoms with Gasteiger partial charge < -0.3 is 10.1 Å². The fourth-order valence-electron chi connectivity index (χ4n) is 1.78. The summed E-state index contributed by atoms with van der Waals surface area (Å²) in [6, 6.07) is 8.84. The number of halogens is 2. The molecule has 100 valence electrons. The number of ether oxygens (including phenoxy) is 1. The smallest absolute Gasteiger partial charge is 0.132 e. The third-order valence-electron chi connectivity index (χ3n) is 2.75. The Bertz CT molecular complexity index is 584. The first-order chi connectivity index (χ1) is 9.10. The molecule has 4 heteroatoms. The van der Waals surface area contributed by atoms with Gasteiger partial charge in [0, 0.05) is 12.1 Å². The Morgan fingerprint density at radius 1 is 1.11 bits per heavy atom. The van der Waals surface area contributed by atoms with E-state index >= 15 is 0 Å². The molecule has 0 atom stereocenters. The van der Waals surface area contributed by atoms with Crippen molar-refractivity contribution in [3.05, 3.63) is 59.2 Å². The molecule has 19 heavy (non-hydrogen) atoms. The van der Waals surface area contributed by atoms with Crippen LogP contribution in [-0.4, -0.2) is 7.05 Å². The minimum Gasteiger partial charge on any atom is -0.457 e. The van der Waals surface area contributed by atoms with E-state index in [1.165, 1.54) is 18.2 Å². The van der Waals surface area contributed by atoms with Crippen molar-refractivity contribution in [1.82, 2.24) is 5.32 Å². The molecule has 0 spiro atoms. The molecule has 0 unspecified atom stereocenters. The molecule has 0 saturated heterocycles. The zero-order valence-corrected chi connectivity index (χ0v) is 10.8. The molecular weight excluding hydrogens is 248 g/mol. The highest BCUT2D eigenvalue weighted by molar-refractivity contribution is 5.39. The third-order valence-corrected chi connectivity index (χ3v) is 2.75. The quantitative estimate of drug-likeness (QED) is 0.906. The third kappa shape index (κ3) is 3.29. The number of nitrogens with one attached hydrogen (secondary N) is 1. The van der Waals surface area contributed by atoms with E-state index in [9.17, 15) is 8.78 Å². The van der Waals surface area contributed by atoms with E-state index < -0.39 is 0 Å². The van der Waals surface area contributed by atoms with E-state index in [2.05, 4.69) is 5.32 Å². The summed E-state index contributed by atoms with van der Waals surface area (Å²) in [7, 11) is 1.77. The van der Waals surface area contributed by atoms with Crippen LogP contribution >= 0.6 is 0 Å². The lowest BCUT2D eigenvalue weighted by atomic mass is 10.2. The Hall–Kier alpha value is -1.94. The van der Waals surface area contributed by atoms with Crippen LogP contribution in [0.3, 0.4) is 0 Å². The van der Waals surface area contributed by atoms with E-state index in [-0.39, 0.29) is 11.6 Å². The van der Waals surface area contributed by atoms with Crippen molar-refractivity contribution in [1.29, 1.82) is 0 Å². The summed E-state index contributed by atoms with van der Waals surface area (Å²) in [4.78, 5) is 0. The van der Waals surface area contributed by atoms with Crippen molar-refractivity contribution in [3.63, 3.8) is 0 Å². The first-order valence-corrected chi connectivity index (χ1v) is 5.97. The van der Waals surface area contributed by atoms with Crippen molar-refractivity contribution < 1.29 is 13.5 Å². The van der Waals surface area contributed by atoms with Gasteiger partial charge >= 0.3 is 0 Å². The summed E-state index contributed by atoms with van der Waals surface area (Å²) in [6.45, 7) is 2.16. The van der Waals surface area contributed by atoms with Gasteiger partial charge in [0.2, 0.25) is 0 Å². The van der Waals surface area contributed by atoms with Gasteiger partial charge in [-0.15, -0.1) is 0 Å². The lowest BCUT2D eigenvalue weighted by molar-refractivity contribution is 0.469. The van der Waals surface area contributed by atoms with Crippen LogP contribution in [0, 0.1) is 18.6 Å². The van der Waals surface area contributed by atoms with Crippen LogP contribution in [0.25, 0.3) is 0 Å². The van der Waals surface area contributed by atoms with Crippen LogP contribution < -0.4 is 10.1 Å². The van der Waals surface area contributed by atoms with Gasteiger partial charge in [-0.1, -0.05) is 0 Å². The molecule has 0 radical (unpaired) electrons. The average molecular weight is 263 g/mol. The maximum absolute atomic E-state index is 13.2. The zero-order valence-electron chi connectivity index (χ0n) is 10.8. The maximum Gasteiger partial charge on any atom is 0.132 e. The molecule has 0 fully saturated rings. The summed E-state index contributed by atoms with van der Waals surface area (Å²) in [5.74, 6) is 0.499. The average Bonchev–Trinajstić information content (AvgIpc) is 2.37. The molecule has 0 heterocycles. The molecule has 2 nitrogen and oxygen atoms in total. The first kappa shape index (κ1) is 13.5. The predicted octanol–water partition coefficient (Wildman–Crippen LogP) is 3.78. The van der Waals surface area contributed by atoms with Gasteiger partial charge in [0.15, 0.2) is 0 Å². The second-order valence-electron chi connectivity index (χ2n) is 4.30. The van der Waals surface area contributed by atoms with Gasteiger partial charge in [-0.05, 0) is 55.9 Å². The first-order valence-electron chi connectivity index (χ1n) is 5.97. The maximum atomic E-state index is 13.2. The van der Waals surface area contributed by atoms with E-state index in [1.54, 1.807) is 32.2 Å². The number of hydrogen-bond donors (Lipinski definition) is 1. The Balaban J connectivity index is 2.29. The fourth-order valence-corrected chi connectivity index (χ4v) is 1.78. The van der Waals surface area contributed by atoms with Crippen LogP contribution in [-0.2, 0) is 6.54 Å². The second-order valence-corrected chi connectivity index (χ2v) is 4.30. The lowest BCUT2D eigenvalue weighted by Gasteiger charge is -2.11. The van der Waals surface area contributed by atoms with E-state index in [1.807, 2.05) is 0 Å². The monoisotopic (exact) mass is 263 g/mol. The molecule has 2 aromatic rings.